The molecule has 0 fully saturated rings. The van der Waals surface area contributed by atoms with Crippen LogP contribution in [0.2, 0.25) is 0 Å². The lowest BCUT2D eigenvalue weighted by Gasteiger charge is -2.18. The SMILES string of the molecule is CCC(NCc1cc(C)cc(C)c1)c1ccc(Br)cc1. The highest BCUT2D eigenvalue weighted by Gasteiger charge is 2.08. The monoisotopic (exact) mass is 331 g/mol. The van der Waals surface area contributed by atoms with E-state index in [-0.39, 0.29) is 0 Å². The van der Waals surface area contributed by atoms with E-state index in [0.717, 1.165) is 17.4 Å². The third-order valence-corrected chi connectivity index (χ3v) is 4.04. The Morgan fingerprint density at radius 2 is 1.60 bits per heavy atom. The van der Waals surface area contributed by atoms with E-state index < -0.39 is 0 Å². The summed E-state index contributed by atoms with van der Waals surface area (Å²) in [6, 6.07) is 15.7. The van der Waals surface area contributed by atoms with Crippen LogP contribution in [0.4, 0.5) is 0 Å². The number of rotatable bonds is 5. The van der Waals surface area contributed by atoms with Gasteiger partial charge in [-0.05, 0) is 43.5 Å². The number of hydrogen-bond acceptors (Lipinski definition) is 1. The predicted molar refractivity (Wildman–Crippen MR) is 89.9 cm³/mol. The van der Waals surface area contributed by atoms with Crippen LogP contribution in [-0.2, 0) is 6.54 Å². The molecule has 2 heteroatoms. The van der Waals surface area contributed by atoms with E-state index in [9.17, 15) is 0 Å². The van der Waals surface area contributed by atoms with Crippen molar-refractivity contribution in [2.24, 2.45) is 0 Å². The quantitative estimate of drug-likeness (QED) is 0.783. The summed E-state index contributed by atoms with van der Waals surface area (Å²) in [7, 11) is 0. The molecule has 106 valence electrons. The van der Waals surface area contributed by atoms with Crippen molar-refractivity contribution in [1.29, 1.82) is 0 Å². The highest BCUT2D eigenvalue weighted by atomic mass is 79.9. The van der Waals surface area contributed by atoms with Gasteiger partial charge < -0.3 is 5.32 Å². The van der Waals surface area contributed by atoms with Crippen molar-refractivity contribution < 1.29 is 0 Å². The number of hydrogen-bond donors (Lipinski definition) is 1. The predicted octanol–water partition coefficient (Wildman–Crippen LogP) is 5.31. The van der Waals surface area contributed by atoms with Crippen molar-refractivity contribution in [2.75, 3.05) is 0 Å². The number of nitrogens with one attached hydrogen (secondary N) is 1. The molecule has 0 aliphatic carbocycles. The van der Waals surface area contributed by atoms with Crippen molar-refractivity contribution in [2.45, 2.75) is 39.8 Å². The molecule has 0 aromatic heterocycles. The Morgan fingerprint density at radius 3 is 2.15 bits per heavy atom. The molecule has 0 radical (unpaired) electrons. The van der Waals surface area contributed by atoms with E-state index in [1.54, 1.807) is 0 Å². The molecule has 0 amide bonds. The van der Waals surface area contributed by atoms with Gasteiger partial charge in [0.15, 0.2) is 0 Å². The van der Waals surface area contributed by atoms with Gasteiger partial charge in [-0.2, -0.15) is 0 Å². The molecule has 0 saturated heterocycles. The van der Waals surface area contributed by atoms with Crippen molar-refractivity contribution >= 4 is 15.9 Å². The van der Waals surface area contributed by atoms with Gasteiger partial charge in [-0.3, -0.25) is 0 Å². The Balaban J connectivity index is 2.05. The number of halogens is 1. The third-order valence-electron chi connectivity index (χ3n) is 3.51. The lowest BCUT2D eigenvalue weighted by Crippen LogP contribution is -2.20. The second-order valence-corrected chi connectivity index (χ2v) is 6.30. The van der Waals surface area contributed by atoms with Crippen LogP contribution in [0.25, 0.3) is 0 Å². The first kappa shape index (κ1) is 15.3. The molecule has 2 aromatic rings. The summed E-state index contributed by atoms with van der Waals surface area (Å²) in [5, 5.41) is 3.66. The maximum atomic E-state index is 3.66. The summed E-state index contributed by atoms with van der Waals surface area (Å²) in [4.78, 5) is 0. The third kappa shape index (κ3) is 4.19. The Hall–Kier alpha value is -1.12. The summed E-state index contributed by atoms with van der Waals surface area (Å²) < 4.78 is 1.13. The molecule has 0 heterocycles. The van der Waals surface area contributed by atoms with Crippen LogP contribution in [0, 0.1) is 13.8 Å². The van der Waals surface area contributed by atoms with Crippen LogP contribution in [0.5, 0.6) is 0 Å². The molecule has 1 N–H and O–H groups in total. The van der Waals surface area contributed by atoms with E-state index in [1.165, 1.54) is 22.3 Å². The Morgan fingerprint density at radius 1 is 1.00 bits per heavy atom. The lowest BCUT2D eigenvalue weighted by molar-refractivity contribution is 0.519. The Bertz CT molecular complexity index is 540. The molecule has 1 atom stereocenters. The van der Waals surface area contributed by atoms with Crippen LogP contribution < -0.4 is 5.32 Å². The molecule has 1 nitrogen and oxygen atoms in total. The Labute approximate surface area is 130 Å². The molecule has 0 aliphatic rings. The number of aryl methyl sites for hydroxylation is 2. The topological polar surface area (TPSA) is 12.0 Å². The first-order valence-electron chi connectivity index (χ1n) is 7.14. The minimum atomic E-state index is 0.406. The van der Waals surface area contributed by atoms with Crippen LogP contribution in [-0.4, -0.2) is 0 Å². The first-order chi connectivity index (χ1) is 9.58. The average Bonchev–Trinajstić information content (AvgIpc) is 2.40. The molecular weight excluding hydrogens is 310 g/mol. The summed E-state index contributed by atoms with van der Waals surface area (Å²) in [5.74, 6) is 0. The van der Waals surface area contributed by atoms with Crippen molar-refractivity contribution in [3.8, 4) is 0 Å². The van der Waals surface area contributed by atoms with Gasteiger partial charge in [0.1, 0.15) is 0 Å². The highest BCUT2D eigenvalue weighted by molar-refractivity contribution is 9.10. The minimum Gasteiger partial charge on any atom is -0.306 e. The van der Waals surface area contributed by atoms with Gasteiger partial charge in [0, 0.05) is 17.1 Å². The standard InChI is InChI=1S/C18H22BrN/c1-4-18(16-5-7-17(19)8-6-16)20-12-15-10-13(2)9-14(3)11-15/h5-11,18,20H,4,12H2,1-3H3. The molecule has 0 bridgehead atoms. The smallest absolute Gasteiger partial charge is 0.0320 e. The van der Waals surface area contributed by atoms with Crippen molar-refractivity contribution in [3.63, 3.8) is 0 Å². The summed E-state index contributed by atoms with van der Waals surface area (Å²) in [6.45, 7) is 7.45. The Kier molecular flexibility index (Phi) is 5.38. The maximum Gasteiger partial charge on any atom is 0.0320 e. The van der Waals surface area contributed by atoms with E-state index in [2.05, 4.69) is 84.5 Å². The van der Waals surface area contributed by atoms with Gasteiger partial charge in [0.2, 0.25) is 0 Å². The largest absolute Gasteiger partial charge is 0.306 e. The molecule has 2 rings (SSSR count). The van der Waals surface area contributed by atoms with Gasteiger partial charge in [0.05, 0.1) is 0 Å². The zero-order valence-electron chi connectivity index (χ0n) is 12.4. The minimum absolute atomic E-state index is 0.406. The summed E-state index contributed by atoms with van der Waals surface area (Å²) in [5.41, 5.74) is 5.37. The second kappa shape index (κ2) is 7.05. The van der Waals surface area contributed by atoms with Crippen LogP contribution in [0.15, 0.2) is 46.9 Å². The molecule has 0 saturated carbocycles. The van der Waals surface area contributed by atoms with Crippen molar-refractivity contribution in [1.82, 2.24) is 5.32 Å². The first-order valence-corrected chi connectivity index (χ1v) is 7.94. The normalized spacial score (nSPS) is 12.4. The maximum absolute atomic E-state index is 3.66. The zero-order valence-corrected chi connectivity index (χ0v) is 14.0. The van der Waals surface area contributed by atoms with Crippen LogP contribution >= 0.6 is 15.9 Å². The van der Waals surface area contributed by atoms with Crippen LogP contribution in [0.1, 0.15) is 41.6 Å². The zero-order chi connectivity index (χ0) is 14.5. The molecule has 20 heavy (non-hydrogen) atoms. The molecule has 1 unspecified atom stereocenters. The van der Waals surface area contributed by atoms with Gasteiger partial charge in [0.25, 0.3) is 0 Å². The molecule has 0 spiro atoms. The van der Waals surface area contributed by atoms with Crippen LogP contribution in [0.3, 0.4) is 0 Å². The fourth-order valence-corrected chi connectivity index (χ4v) is 2.87. The van der Waals surface area contributed by atoms with E-state index in [0.29, 0.717) is 6.04 Å². The van der Waals surface area contributed by atoms with Gasteiger partial charge in [-0.15, -0.1) is 0 Å². The lowest BCUT2D eigenvalue weighted by atomic mass is 10.0. The average molecular weight is 332 g/mol. The fourth-order valence-electron chi connectivity index (χ4n) is 2.61. The fraction of sp³-hybridized carbons (Fsp3) is 0.333. The molecular formula is C18H22BrN. The van der Waals surface area contributed by atoms with E-state index in [1.807, 2.05) is 0 Å². The number of benzene rings is 2. The van der Waals surface area contributed by atoms with Gasteiger partial charge in [-0.1, -0.05) is 64.3 Å². The summed E-state index contributed by atoms with van der Waals surface area (Å²) in [6.07, 6.45) is 1.09. The second-order valence-electron chi connectivity index (χ2n) is 5.39. The van der Waals surface area contributed by atoms with Crippen molar-refractivity contribution in [3.05, 3.63) is 69.2 Å². The van der Waals surface area contributed by atoms with Gasteiger partial charge in [-0.25, -0.2) is 0 Å². The van der Waals surface area contributed by atoms with E-state index >= 15 is 0 Å². The highest BCUT2D eigenvalue weighted by Crippen LogP contribution is 2.20. The summed E-state index contributed by atoms with van der Waals surface area (Å²) >= 11 is 3.49. The van der Waals surface area contributed by atoms with Gasteiger partial charge >= 0.3 is 0 Å². The van der Waals surface area contributed by atoms with E-state index in [4.69, 9.17) is 0 Å². The molecule has 0 aliphatic heterocycles. The molecule has 2 aromatic carbocycles.